The highest BCUT2D eigenvalue weighted by Gasteiger charge is 2.26. The predicted molar refractivity (Wildman–Crippen MR) is 194 cm³/mol. The molecule has 43 heavy (non-hydrogen) atoms. The second kappa shape index (κ2) is 19.5. The second-order valence-electron chi connectivity index (χ2n) is 18.3. The smallest absolute Gasteiger partial charge is 0.0125 e. The van der Waals surface area contributed by atoms with Gasteiger partial charge in [0, 0.05) is 29.7 Å². The molecule has 0 bridgehead atoms. The summed E-state index contributed by atoms with van der Waals surface area (Å²) in [5, 5.41) is 0. The molecule has 1 saturated carbocycles. The van der Waals surface area contributed by atoms with Crippen LogP contribution in [0.4, 0.5) is 0 Å². The summed E-state index contributed by atoms with van der Waals surface area (Å²) in [6, 6.07) is 0. The van der Waals surface area contributed by atoms with Gasteiger partial charge in [0.05, 0.1) is 0 Å². The summed E-state index contributed by atoms with van der Waals surface area (Å²) in [7, 11) is 2.21. The lowest BCUT2D eigenvalue weighted by atomic mass is 9.72. The molecule has 0 aromatic heterocycles. The minimum atomic E-state index is 0.352. The molecule has 4 nitrogen and oxygen atoms in total. The number of likely N-dealkylation sites (tertiary alicyclic amines) is 2. The van der Waals surface area contributed by atoms with Crippen molar-refractivity contribution >= 4 is 0 Å². The van der Waals surface area contributed by atoms with Gasteiger partial charge in [0.25, 0.3) is 0 Å². The van der Waals surface area contributed by atoms with Gasteiger partial charge in [0.15, 0.2) is 0 Å². The van der Waals surface area contributed by atoms with E-state index in [1.54, 1.807) is 0 Å². The summed E-state index contributed by atoms with van der Waals surface area (Å²) in [6.07, 6.45) is 18.6. The molecule has 0 amide bonds. The fraction of sp³-hybridized carbons (Fsp3) is 1.00. The largest absolute Gasteiger partial charge is 0.305 e. The Hall–Kier alpha value is -0.160. The van der Waals surface area contributed by atoms with Crippen LogP contribution >= 0.6 is 0 Å². The van der Waals surface area contributed by atoms with Gasteiger partial charge in [-0.2, -0.15) is 0 Å². The molecule has 4 aliphatic rings. The van der Waals surface area contributed by atoms with Crippen molar-refractivity contribution in [2.24, 2.45) is 11.3 Å². The molecule has 0 spiro atoms. The van der Waals surface area contributed by atoms with E-state index in [1.165, 1.54) is 136 Å². The van der Waals surface area contributed by atoms with Crippen molar-refractivity contribution in [3.05, 3.63) is 0 Å². The average Bonchev–Trinajstić information content (AvgIpc) is 3.33. The summed E-state index contributed by atoms with van der Waals surface area (Å²) < 4.78 is 0. The van der Waals surface area contributed by atoms with Crippen LogP contribution < -0.4 is 0 Å². The summed E-state index contributed by atoms with van der Waals surface area (Å²) in [5.41, 5.74) is 1.72. The highest BCUT2D eigenvalue weighted by Crippen LogP contribution is 2.37. The van der Waals surface area contributed by atoms with Crippen molar-refractivity contribution in [1.29, 1.82) is 0 Å². The molecule has 258 valence electrons. The van der Waals surface area contributed by atoms with E-state index in [-0.39, 0.29) is 0 Å². The fourth-order valence-corrected chi connectivity index (χ4v) is 6.99. The van der Waals surface area contributed by atoms with Gasteiger partial charge in [-0.25, -0.2) is 0 Å². The number of hydrogen-bond donors (Lipinski definition) is 0. The Morgan fingerprint density at radius 1 is 0.349 bits per heavy atom. The maximum Gasteiger partial charge on any atom is 0.0125 e. The van der Waals surface area contributed by atoms with E-state index in [9.17, 15) is 0 Å². The van der Waals surface area contributed by atoms with Crippen LogP contribution in [-0.4, -0.2) is 95.6 Å². The molecular formula is C39H82N4. The molecule has 0 unspecified atom stereocenters. The highest BCUT2D eigenvalue weighted by molar-refractivity contribution is 4.80. The summed E-state index contributed by atoms with van der Waals surface area (Å²) in [4.78, 5) is 10.2. The van der Waals surface area contributed by atoms with Gasteiger partial charge in [-0.15, -0.1) is 0 Å². The first-order valence-electron chi connectivity index (χ1n) is 18.8. The van der Waals surface area contributed by atoms with Gasteiger partial charge in [-0.1, -0.05) is 59.3 Å². The van der Waals surface area contributed by atoms with Crippen molar-refractivity contribution in [1.82, 2.24) is 19.6 Å². The quantitative estimate of drug-likeness (QED) is 0.272. The van der Waals surface area contributed by atoms with E-state index in [0.29, 0.717) is 22.0 Å². The summed E-state index contributed by atoms with van der Waals surface area (Å²) in [5.74, 6) is 1.00. The molecule has 3 saturated heterocycles. The van der Waals surface area contributed by atoms with Crippen LogP contribution in [0.2, 0.25) is 0 Å². The molecule has 0 atom stereocenters. The Kier molecular flexibility index (Phi) is 18.5. The maximum atomic E-state index is 2.61. The normalized spacial score (nSPS) is 23.4. The first kappa shape index (κ1) is 40.9. The van der Waals surface area contributed by atoms with Crippen LogP contribution in [0.5, 0.6) is 0 Å². The van der Waals surface area contributed by atoms with E-state index < -0.39 is 0 Å². The van der Waals surface area contributed by atoms with Gasteiger partial charge in [-0.05, 0) is 165 Å². The average molecular weight is 607 g/mol. The van der Waals surface area contributed by atoms with Crippen molar-refractivity contribution in [3.8, 4) is 0 Å². The third-order valence-electron chi connectivity index (χ3n) is 10.4. The minimum Gasteiger partial charge on any atom is -0.305 e. The van der Waals surface area contributed by atoms with Crippen LogP contribution in [0.3, 0.4) is 0 Å². The van der Waals surface area contributed by atoms with Crippen LogP contribution in [-0.2, 0) is 0 Å². The predicted octanol–water partition coefficient (Wildman–Crippen LogP) is 9.97. The zero-order valence-corrected chi connectivity index (χ0v) is 32.2. The molecule has 0 aromatic carbocycles. The van der Waals surface area contributed by atoms with Crippen LogP contribution in [0.15, 0.2) is 0 Å². The zero-order chi connectivity index (χ0) is 32.7. The molecule has 0 radical (unpaired) electrons. The summed E-state index contributed by atoms with van der Waals surface area (Å²) in [6.45, 7) is 38.1. The molecule has 3 heterocycles. The van der Waals surface area contributed by atoms with E-state index in [4.69, 9.17) is 0 Å². The standard InChI is InChI=1S/C10H22N2.C10H21N.C10H20.C9H19N/c1-10(2,3)12-7-5-6-11(4)8-9-12;1-10(2,3)11-8-6-4-5-7-9-11;1-10(2,3)9-7-5-4-6-8-9;1-9(2,3)10-7-5-4-6-8-10/h5-9H2,1-4H3;4-9H2,1-3H3;9H,4-8H2,1-3H3;4-8H2,1-3H3. The lowest BCUT2D eigenvalue weighted by molar-refractivity contribution is 0.111. The molecule has 4 heteroatoms. The highest BCUT2D eigenvalue weighted by atomic mass is 15.2. The SMILES string of the molecule is CC(C)(C)C1CCCCC1.CC(C)(C)N1CCCCC1.CC(C)(C)N1CCCCCC1.CN1CCCN(C(C)(C)C)CC1. The number of piperidine rings is 1. The number of rotatable bonds is 0. The Labute approximate surface area is 273 Å². The van der Waals surface area contributed by atoms with Crippen LogP contribution in [0.25, 0.3) is 0 Å². The Balaban J connectivity index is 0.000000287. The Morgan fingerprint density at radius 2 is 0.674 bits per heavy atom. The zero-order valence-electron chi connectivity index (χ0n) is 32.2. The van der Waals surface area contributed by atoms with E-state index in [1.807, 2.05) is 0 Å². The van der Waals surface area contributed by atoms with Crippen molar-refractivity contribution in [3.63, 3.8) is 0 Å². The molecule has 4 rings (SSSR count). The van der Waals surface area contributed by atoms with E-state index in [0.717, 1.165) is 5.92 Å². The van der Waals surface area contributed by atoms with Gasteiger partial charge in [0.2, 0.25) is 0 Å². The Bertz CT molecular complexity index is 642. The fourth-order valence-electron chi connectivity index (χ4n) is 6.99. The first-order valence-corrected chi connectivity index (χ1v) is 18.8. The lowest BCUT2D eigenvalue weighted by Gasteiger charge is -2.38. The number of nitrogens with zero attached hydrogens (tertiary/aromatic N) is 4. The van der Waals surface area contributed by atoms with Gasteiger partial charge >= 0.3 is 0 Å². The Morgan fingerprint density at radius 3 is 1.02 bits per heavy atom. The van der Waals surface area contributed by atoms with Crippen LogP contribution in [0, 0.1) is 11.3 Å². The second-order valence-corrected chi connectivity index (χ2v) is 18.3. The molecule has 0 N–H and O–H groups in total. The molecule has 0 aromatic rings. The number of hydrogen-bond acceptors (Lipinski definition) is 4. The minimum absolute atomic E-state index is 0.352. The van der Waals surface area contributed by atoms with Crippen molar-refractivity contribution in [2.75, 3.05) is 59.4 Å². The third-order valence-corrected chi connectivity index (χ3v) is 10.4. The van der Waals surface area contributed by atoms with Gasteiger partial charge < -0.3 is 4.90 Å². The van der Waals surface area contributed by atoms with Crippen LogP contribution in [0.1, 0.15) is 167 Å². The van der Waals surface area contributed by atoms with Gasteiger partial charge in [-0.3, -0.25) is 14.7 Å². The topological polar surface area (TPSA) is 13.0 Å². The van der Waals surface area contributed by atoms with Crippen molar-refractivity contribution < 1.29 is 0 Å². The molecular weight excluding hydrogens is 524 g/mol. The lowest BCUT2D eigenvalue weighted by Crippen LogP contribution is -2.44. The van der Waals surface area contributed by atoms with Gasteiger partial charge in [0.1, 0.15) is 0 Å². The van der Waals surface area contributed by atoms with E-state index in [2.05, 4.69) is 110 Å². The maximum absolute atomic E-state index is 2.61. The van der Waals surface area contributed by atoms with Crippen molar-refractivity contribution in [2.45, 2.75) is 183 Å². The molecule has 4 fully saturated rings. The first-order chi connectivity index (χ1) is 19.8. The number of likely N-dealkylation sites (N-methyl/N-ethyl adjacent to an activating group) is 1. The molecule has 1 aliphatic carbocycles. The third kappa shape index (κ3) is 18.5. The monoisotopic (exact) mass is 607 g/mol. The van der Waals surface area contributed by atoms with E-state index >= 15 is 0 Å². The summed E-state index contributed by atoms with van der Waals surface area (Å²) >= 11 is 0. The molecule has 3 aliphatic heterocycles.